The van der Waals surface area contributed by atoms with E-state index in [-0.39, 0.29) is 13.0 Å². The number of unbranched alkanes of at least 4 members (excludes halogenated alkanes) is 45. The topological polar surface area (TPSA) is 175 Å². The summed E-state index contributed by atoms with van der Waals surface area (Å²) in [5.41, 5.74) is 0. The molecule has 0 bridgehead atoms. The van der Waals surface area contributed by atoms with Crippen LogP contribution < -0.4 is 5.32 Å². The number of amides is 1. The Morgan fingerprint density at radius 2 is 0.833 bits per heavy atom. The minimum Gasteiger partial charge on any atom is -0.454 e. The van der Waals surface area contributed by atoms with E-state index in [0.29, 0.717) is 19.3 Å². The Hall–Kier alpha value is -1.60. The molecule has 11 heteroatoms. The van der Waals surface area contributed by atoms with Crippen LogP contribution in [0.15, 0.2) is 12.2 Å². The lowest BCUT2D eigenvalue weighted by Gasteiger charge is -2.41. The molecule has 1 heterocycles. The van der Waals surface area contributed by atoms with Crippen LogP contribution in [0.5, 0.6) is 0 Å². The van der Waals surface area contributed by atoms with E-state index in [1.54, 1.807) is 6.08 Å². The molecule has 1 fully saturated rings. The largest absolute Gasteiger partial charge is 0.454 e. The van der Waals surface area contributed by atoms with Crippen LogP contribution >= 0.6 is 0 Å². The van der Waals surface area contributed by atoms with E-state index in [0.717, 1.165) is 57.8 Å². The van der Waals surface area contributed by atoms with Crippen LogP contribution in [0, 0.1) is 0 Å². The molecule has 0 aromatic heterocycles. The molecule has 11 nitrogen and oxygen atoms in total. The zero-order valence-electron chi connectivity index (χ0n) is 51.3. The van der Waals surface area contributed by atoms with Crippen molar-refractivity contribution in [2.45, 2.75) is 391 Å². The Kier molecular flexibility index (Phi) is 53.3. The number of nitrogens with one attached hydrogen (secondary N) is 1. The summed E-state index contributed by atoms with van der Waals surface area (Å²) in [6.45, 7) is 5.81. The molecule has 78 heavy (non-hydrogen) atoms. The molecular weight excluding hydrogens is 979 g/mol. The van der Waals surface area contributed by atoms with E-state index in [1.807, 2.05) is 6.08 Å². The van der Waals surface area contributed by atoms with Crippen molar-refractivity contribution in [2.24, 2.45) is 0 Å². The Morgan fingerprint density at radius 3 is 1.21 bits per heavy atom. The number of carbonyl (C=O) groups excluding carboxylic acids is 2. The summed E-state index contributed by atoms with van der Waals surface area (Å²) in [4.78, 5) is 26.5. The molecule has 0 radical (unpaired) electrons. The lowest BCUT2D eigenvalue weighted by molar-refractivity contribution is -0.305. The lowest BCUT2D eigenvalue weighted by atomic mass is 9.99. The third-order valence-corrected chi connectivity index (χ3v) is 16.4. The average Bonchev–Trinajstić information content (AvgIpc) is 3.46. The average molecular weight is 1110 g/mol. The molecule has 0 aromatic carbocycles. The van der Waals surface area contributed by atoms with Crippen molar-refractivity contribution < 1.29 is 49.3 Å². The van der Waals surface area contributed by atoms with Crippen molar-refractivity contribution in [2.75, 3.05) is 13.2 Å². The predicted molar refractivity (Wildman–Crippen MR) is 325 cm³/mol. The van der Waals surface area contributed by atoms with Gasteiger partial charge < -0.3 is 45.1 Å². The van der Waals surface area contributed by atoms with E-state index in [4.69, 9.17) is 14.2 Å². The van der Waals surface area contributed by atoms with Crippen molar-refractivity contribution >= 4 is 11.9 Å². The van der Waals surface area contributed by atoms with Crippen LogP contribution in [0.4, 0.5) is 0 Å². The molecular formula is C67H129NO10. The maximum absolute atomic E-state index is 13.4. The summed E-state index contributed by atoms with van der Waals surface area (Å²) in [6, 6.07) is -1.02. The van der Waals surface area contributed by atoms with Gasteiger partial charge >= 0.3 is 5.97 Å². The Labute approximate surface area is 480 Å². The number of hydrogen-bond donors (Lipinski definition) is 6. The van der Waals surface area contributed by atoms with Crippen LogP contribution in [-0.4, -0.2) is 99.6 Å². The van der Waals surface area contributed by atoms with Crippen molar-refractivity contribution in [3.8, 4) is 0 Å². The van der Waals surface area contributed by atoms with Crippen LogP contribution in [0.1, 0.15) is 342 Å². The monoisotopic (exact) mass is 1110 g/mol. The van der Waals surface area contributed by atoms with Gasteiger partial charge in [-0.3, -0.25) is 9.59 Å². The smallest absolute Gasteiger partial charge is 0.306 e. The normalized spacial score (nSPS) is 18.9. The van der Waals surface area contributed by atoms with Gasteiger partial charge in [-0.15, -0.1) is 0 Å². The van der Waals surface area contributed by atoms with Crippen molar-refractivity contribution in [1.82, 2.24) is 5.32 Å². The SMILES string of the molecule is CCCCCCCCCCCC/C=C/C(O)C(COC1OC(CO)C(O)C(O)C1OC(=O)CCCCCCCCCCCCCCCCCCCCCCCCCCCCC)NC(=O)C(O)CCCCCCCCCCCC. The first-order valence-corrected chi connectivity index (χ1v) is 34.0. The van der Waals surface area contributed by atoms with Gasteiger partial charge in [-0.05, 0) is 25.7 Å². The van der Waals surface area contributed by atoms with Gasteiger partial charge in [0.1, 0.15) is 24.4 Å². The molecule has 1 saturated heterocycles. The first-order chi connectivity index (χ1) is 38.2. The molecule has 1 amide bonds. The molecule has 6 N–H and O–H groups in total. The van der Waals surface area contributed by atoms with Gasteiger partial charge in [0.25, 0.3) is 0 Å². The van der Waals surface area contributed by atoms with E-state index in [1.165, 1.54) is 238 Å². The van der Waals surface area contributed by atoms with E-state index in [2.05, 4.69) is 26.1 Å². The Balaban J connectivity index is 2.48. The summed E-state index contributed by atoms with van der Waals surface area (Å²) in [5.74, 6) is -1.18. The third-order valence-electron chi connectivity index (χ3n) is 16.4. The number of aliphatic hydroxyl groups is 5. The maximum atomic E-state index is 13.4. The molecule has 1 rings (SSSR count). The highest BCUT2D eigenvalue weighted by Crippen LogP contribution is 2.26. The highest BCUT2D eigenvalue weighted by atomic mass is 16.7. The molecule has 0 saturated carbocycles. The first kappa shape index (κ1) is 74.4. The number of allylic oxidation sites excluding steroid dienone is 1. The summed E-state index contributed by atoms with van der Waals surface area (Å²) in [6.07, 6.45) is 54.3. The second-order valence-electron chi connectivity index (χ2n) is 23.9. The van der Waals surface area contributed by atoms with Crippen molar-refractivity contribution in [3.63, 3.8) is 0 Å². The predicted octanol–water partition coefficient (Wildman–Crippen LogP) is 16.7. The molecule has 8 unspecified atom stereocenters. The van der Waals surface area contributed by atoms with Crippen LogP contribution in [0.3, 0.4) is 0 Å². The molecule has 0 aromatic rings. The fraction of sp³-hybridized carbons (Fsp3) is 0.940. The number of ether oxygens (including phenoxy) is 3. The summed E-state index contributed by atoms with van der Waals surface area (Å²) >= 11 is 0. The first-order valence-electron chi connectivity index (χ1n) is 34.0. The highest BCUT2D eigenvalue weighted by Gasteiger charge is 2.47. The van der Waals surface area contributed by atoms with Gasteiger partial charge in [0.15, 0.2) is 12.4 Å². The fourth-order valence-corrected chi connectivity index (χ4v) is 11.1. The molecule has 8 atom stereocenters. The summed E-state index contributed by atoms with van der Waals surface area (Å²) < 4.78 is 17.6. The maximum Gasteiger partial charge on any atom is 0.306 e. The molecule has 0 aliphatic carbocycles. The van der Waals surface area contributed by atoms with E-state index >= 15 is 0 Å². The standard InChI is InChI=1S/C67H129NO10/c1-4-7-10-13-16-19-22-24-25-26-27-28-29-30-31-32-33-34-35-36-37-38-40-43-46-49-52-55-62(72)78-65-64(74)63(73)61(56-69)77-67(65)76-57-58(59(70)53-50-47-44-42-39-23-20-17-14-11-8-5-2)68-66(75)60(71)54-51-48-45-41-21-18-15-12-9-6-3/h50,53,58-61,63-65,67,69-71,73-74H,4-49,51-52,54-57H2,1-3H3,(H,68,75)/b53-50+. The Bertz CT molecular complexity index is 1320. The van der Waals surface area contributed by atoms with Crippen molar-refractivity contribution in [1.29, 1.82) is 0 Å². The zero-order chi connectivity index (χ0) is 56.8. The summed E-state index contributed by atoms with van der Waals surface area (Å²) in [5, 5.41) is 56.9. The zero-order valence-corrected chi connectivity index (χ0v) is 51.3. The van der Waals surface area contributed by atoms with Gasteiger partial charge in [-0.2, -0.15) is 0 Å². The van der Waals surface area contributed by atoms with E-state index in [9.17, 15) is 35.1 Å². The second-order valence-corrected chi connectivity index (χ2v) is 23.9. The Morgan fingerprint density at radius 1 is 0.487 bits per heavy atom. The molecule has 1 aliphatic heterocycles. The van der Waals surface area contributed by atoms with Crippen molar-refractivity contribution in [3.05, 3.63) is 12.2 Å². The van der Waals surface area contributed by atoms with Gasteiger partial charge in [0.05, 0.1) is 25.4 Å². The second kappa shape index (κ2) is 55.9. The number of rotatable bonds is 59. The van der Waals surface area contributed by atoms with Crippen LogP contribution in [-0.2, 0) is 23.8 Å². The number of carbonyl (C=O) groups is 2. The number of aliphatic hydroxyl groups excluding tert-OH is 5. The quantitative estimate of drug-likeness (QED) is 0.0195. The number of esters is 1. The number of hydrogen-bond acceptors (Lipinski definition) is 10. The summed E-state index contributed by atoms with van der Waals surface area (Å²) in [7, 11) is 0. The minimum absolute atomic E-state index is 0.132. The van der Waals surface area contributed by atoms with Crippen LogP contribution in [0.25, 0.3) is 0 Å². The van der Waals surface area contributed by atoms with Gasteiger partial charge in [-0.25, -0.2) is 0 Å². The fourth-order valence-electron chi connectivity index (χ4n) is 11.1. The molecule has 1 aliphatic rings. The minimum atomic E-state index is -1.61. The molecule has 462 valence electrons. The highest BCUT2D eigenvalue weighted by molar-refractivity contribution is 5.80. The van der Waals surface area contributed by atoms with E-state index < -0.39 is 67.4 Å². The third kappa shape index (κ3) is 43.1. The van der Waals surface area contributed by atoms with Crippen LogP contribution in [0.2, 0.25) is 0 Å². The van der Waals surface area contributed by atoms with Gasteiger partial charge in [0, 0.05) is 6.42 Å². The van der Waals surface area contributed by atoms with Gasteiger partial charge in [-0.1, -0.05) is 322 Å². The molecule has 0 spiro atoms. The lowest BCUT2D eigenvalue weighted by Crippen LogP contribution is -2.61. The van der Waals surface area contributed by atoms with Gasteiger partial charge in [0.2, 0.25) is 5.91 Å².